The highest BCUT2D eigenvalue weighted by Gasteiger charge is 2.17. The lowest BCUT2D eigenvalue weighted by molar-refractivity contribution is -0.137. The Balaban J connectivity index is 2.94. The van der Waals surface area contributed by atoms with Gasteiger partial charge in [-0.25, -0.2) is 0 Å². The van der Waals surface area contributed by atoms with Gasteiger partial charge >= 0.3 is 12.6 Å². The molecule has 0 saturated carbocycles. The van der Waals surface area contributed by atoms with E-state index in [1.165, 1.54) is 24.1 Å². The lowest BCUT2D eigenvalue weighted by Crippen LogP contribution is -2.29. The van der Waals surface area contributed by atoms with E-state index in [-0.39, 0.29) is 24.6 Å². The van der Waals surface area contributed by atoms with Crippen LogP contribution < -0.4 is 4.74 Å². The van der Waals surface area contributed by atoms with Gasteiger partial charge in [-0.15, -0.1) is 0 Å². The molecular weight excluding hydrogens is 284 g/mol. The summed E-state index contributed by atoms with van der Waals surface area (Å²) in [6, 6.07) is 2.90. The second-order valence-corrected chi connectivity index (χ2v) is 4.69. The van der Waals surface area contributed by atoms with E-state index in [0.29, 0.717) is 16.7 Å². The Morgan fingerprint density at radius 1 is 1.29 bits per heavy atom. The predicted molar refractivity (Wildman–Crippen MR) is 71.8 cm³/mol. The quantitative estimate of drug-likeness (QED) is 0.876. The van der Waals surface area contributed by atoms with Crippen molar-refractivity contribution in [2.45, 2.75) is 26.9 Å². The number of aryl methyl sites for hydroxylation is 2. The molecule has 0 fully saturated rings. The van der Waals surface area contributed by atoms with Crippen molar-refractivity contribution in [3.63, 3.8) is 0 Å². The highest BCUT2D eigenvalue weighted by atomic mass is 19.3. The van der Waals surface area contributed by atoms with E-state index in [1.54, 1.807) is 13.8 Å². The van der Waals surface area contributed by atoms with Gasteiger partial charge in [0.1, 0.15) is 5.75 Å². The molecule has 0 unspecified atom stereocenters. The molecule has 1 rings (SSSR count). The molecule has 5 nitrogen and oxygen atoms in total. The molecule has 0 saturated heterocycles. The fourth-order valence-electron chi connectivity index (χ4n) is 1.93. The first-order chi connectivity index (χ1) is 9.72. The van der Waals surface area contributed by atoms with E-state index in [1.807, 2.05) is 0 Å². The minimum absolute atomic E-state index is 0.0507. The fourth-order valence-corrected chi connectivity index (χ4v) is 1.93. The van der Waals surface area contributed by atoms with Crippen LogP contribution in [0.1, 0.15) is 27.9 Å². The van der Waals surface area contributed by atoms with E-state index in [0.717, 1.165) is 0 Å². The van der Waals surface area contributed by atoms with Crippen molar-refractivity contribution in [1.82, 2.24) is 4.90 Å². The number of carbonyl (C=O) groups excluding carboxylic acids is 1. The standard InChI is InChI=1S/C14H17F2NO4/c1-8-6-10(7-9(2)12(8)21-14(15)16)13(20)17(3)5-4-11(18)19/h6-7,14H,4-5H2,1-3H3,(H,18,19). The van der Waals surface area contributed by atoms with Crippen molar-refractivity contribution >= 4 is 11.9 Å². The number of hydrogen-bond acceptors (Lipinski definition) is 3. The molecule has 1 N–H and O–H groups in total. The molecule has 0 aliphatic heterocycles. The number of carbonyl (C=O) groups is 2. The van der Waals surface area contributed by atoms with Crippen molar-refractivity contribution < 1.29 is 28.2 Å². The van der Waals surface area contributed by atoms with Gasteiger partial charge in [0, 0.05) is 19.2 Å². The molecule has 0 aliphatic rings. The lowest BCUT2D eigenvalue weighted by atomic mass is 10.0. The third-order valence-electron chi connectivity index (χ3n) is 2.92. The van der Waals surface area contributed by atoms with Crippen LogP contribution in [0.3, 0.4) is 0 Å². The van der Waals surface area contributed by atoms with Crippen LogP contribution >= 0.6 is 0 Å². The Morgan fingerprint density at radius 3 is 2.24 bits per heavy atom. The van der Waals surface area contributed by atoms with Gasteiger partial charge in [-0.05, 0) is 37.1 Å². The number of alkyl halides is 2. The number of ether oxygens (including phenoxy) is 1. The van der Waals surface area contributed by atoms with Gasteiger partial charge in [-0.1, -0.05) is 0 Å². The van der Waals surface area contributed by atoms with Gasteiger partial charge in [0.15, 0.2) is 0 Å². The van der Waals surface area contributed by atoms with Crippen LogP contribution in [-0.4, -0.2) is 42.1 Å². The van der Waals surface area contributed by atoms with Crippen LogP contribution in [0, 0.1) is 13.8 Å². The molecule has 0 aromatic heterocycles. The molecule has 1 aromatic rings. The molecule has 0 aliphatic carbocycles. The van der Waals surface area contributed by atoms with Gasteiger partial charge < -0.3 is 14.7 Å². The second kappa shape index (κ2) is 7.01. The van der Waals surface area contributed by atoms with Crippen LogP contribution in [0.2, 0.25) is 0 Å². The SMILES string of the molecule is Cc1cc(C(=O)N(C)CCC(=O)O)cc(C)c1OC(F)F. The number of benzene rings is 1. The number of halogens is 2. The van der Waals surface area contributed by atoms with Crippen molar-refractivity contribution in [2.24, 2.45) is 0 Å². The summed E-state index contributed by atoms with van der Waals surface area (Å²) in [5.74, 6) is -1.32. The predicted octanol–water partition coefficient (Wildman–Crippen LogP) is 2.45. The molecular formula is C14H17F2NO4. The summed E-state index contributed by atoms with van der Waals surface area (Å²) in [5.41, 5.74) is 1.15. The van der Waals surface area contributed by atoms with Gasteiger partial charge in [-0.2, -0.15) is 8.78 Å². The molecule has 0 heterocycles. The second-order valence-electron chi connectivity index (χ2n) is 4.69. The van der Waals surface area contributed by atoms with E-state index < -0.39 is 12.6 Å². The molecule has 0 bridgehead atoms. The first-order valence-corrected chi connectivity index (χ1v) is 6.25. The van der Waals surface area contributed by atoms with Crippen LogP contribution in [0.15, 0.2) is 12.1 Å². The van der Waals surface area contributed by atoms with Crippen molar-refractivity contribution in [3.05, 3.63) is 28.8 Å². The monoisotopic (exact) mass is 301 g/mol. The third kappa shape index (κ3) is 4.70. The maximum atomic E-state index is 12.3. The molecule has 21 heavy (non-hydrogen) atoms. The number of hydrogen-bond donors (Lipinski definition) is 1. The topological polar surface area (TPSA) is 66.8 Å². The number of carboxylic acids is 1. The van der Waals surface area contributed by atoms with Gasteiger partial charge in [0.2, 0.25) is 0 Å². The molecule has 0 spiro atoms. The van der Waals surface area contributed by atoms with Crippen molar-refractivity contribution in [2.75, 3.05) is 13.6 Å². The molecule has 0 radical (unpaired) electrons. The van der Waals surface area contributed by atoms with Crippen molar-refractivity contribution in [3.8, 4) is 5.75 Å². The summed E-state index contributed by atoms with van der Waals surface area (Å²) in [7, 11) is 1.49. The molecule has 7 heteroatoms. The number of carboxylic acid groups (broad SMARTS) is 1. The van der Waals surface area contributed by atoms with Gasteiger partial charge in [0.05, 0.1) is 6.42 Å². The van der Waals surface area contributed by atoms with Crippen LogP contribution in [-0.2, 0) is 4.79 Å². The smallest absolute Gasteiger partial charge is 0.387 e. The Hall–Kier alpha value is -2.18. The number of rotatable bonds is 6. The summed E-state index contributed by atoms with van der Waals surface area (Å²) in [6.07, 6.45) is -0.160. The van der Waals surface area contributed by atoms with Gasteiger partial charge in [-0.3, -0.25) is 9.59 Å². The molecule has 0 atom stereocenters. The van der Waals surface area contributed by atoms with E-state index in [9.17, 15) is 18.4 Å². The first-order valence-electron chi connectivity index (χ1n) is 6.25. The number of aliphatic carboxylic acids is 1. The summed E-state index contributed by atoms with van der Waals surface area (Å²) < 4.78 is 29.0. The first kappa shape index (κ1) is 16.9. The summed E-state index contributed by atoms with van der Waals surface area (Å²) in [5, 5.41) is 8.60. The van der Waals surface area contributed by atoms with E-state index >= 15 is 0 Å². The average Bonchev–Trinajstić information content (AvgIpc) is 2.38. The Morgan fingerprint density at radius 2 is 1.81 bits per heavy atom. The molecule has 1 aromatic carbocycles. The number of amides is 1. The van der Waals surface area contributed by atoms with E-state index in [2.05, 4.69) is 4.74 Å². The Kier molecular flexibility index (Phi) is 5.63. The number of nitrogens with zero attached hydrogens (tertiary/aromatic N) is 1. The highest BCUT2D eigenvalue weighted by Crippen LogP contribution is 2.26. The van der Waals surface area contributed by atoms with Crippen molar-refractivity contribution in [1.29, 1.82) is 0 Å². The summed E-state index contributed by atoms with van der Waals surface area (Å²) in [4.78, 5) is 23.9. The Bertz CT molecular complexity index is 523. The fraction of sp³-hybridized carbons (Fsp3) is 0.429. The highest BCUT2D eigenvalue weighted by molar-refractivity contribution is 5.95. The third-order valence-corrected chi connectivity index (χ3v) is 2.92. The zero-order valence-corrected chi connectivity index (χ0v) is 12.0. The maximum Gasteiger partial charge on any atom is 0.387 e. The van der Waals surface area contributed by atoms with Crippen LogP contribution in [0.4, 0.5) is 8.78 Å². The summed E-state index contributed by atoms with van der Waals surface area (Å²) >= 11 is 0. The average molecular weight is 301 g/mol. The minimum Gasteiger partial charge on any atom is -0.481 e. The van der Waals surface area contributed by atoms with Gasteiger partial charge in [0.25, 0.3) is 5.91 Å². The molecule has 1 amide bonds. The largest absolute Gasteiger partial charge is 0.481 e. The van der Waals surface area contributed by atoms with Crippen LogP contribution in [0.5, 0.6) is 5.75 Å². The lowest BCUT2D eigenvalue weighted by Gasteiger charge is -2.18. The zero-order chi connectivity index (χ0) is 16.2. The summed E-state index contributed by atoms with van der Waals surface area (Å²) in [6.45, 7) is 0.279. The van der Waals surface area contributed by atoms with Crippen LogP contribution in [0.25, 0.3) is 0 Å². The Labute approximate surface area is 121 Å². The minimum atomic E-state index is -2.93. The normalized spacial score (nSPS) is 10.6. The van der Waals surface area contributed by atoms with E-state index in [4.69, 9.17) is 5.11 Å². The molecule has 116 valence electrons. The maximum absolute atomic E-state index is 12.3. The zero-order valence-electron chi connectivity index (χ0n) is 12.0.